The van der Waals surface area contributed by atoms with Gasteiger partial charge in [0.25, 0.3) is 0 Å². The number of nitrogens with one attached hydrogen (secondary N) is 1. The van der Waals surface area contributed by atoms with Crippen molar-refractivity contribution in [2.45, 2.75) is 6.04 Å². The fourth-order valence-electron chi connectivity index (χ4n) is 1.78. The van der Waals surface area contributed by atoms with Crippen LogP contribution in [0.3, 0.4) is 0 Å². The number of carbonyl (C=O) groups excluding carboxylic acids is 1. The molecule has 1 unspecified atom stereocenters. The summed E-state index contributed by atoms with van der Waals surface area (Å²) in [5.41, 5.74) is 0. The summed E-state index contributed by atoms with van der Waals surface area (Å²) in [6.45, 7) is 1.31. The van der Waals surface area contributed by atoms with E-state index in [4.69, 9.17) is 27.9 Å². The molecule has 2 rings (SSSR count). The van der Waals surface area contributed by atoms with Crippen LogP contribution in [-0.4, -0.2) is 48.7 Å². The van der Waals surface area contributed by atoms with Crippen molar-refractivity contribution in [3.05, 3.63) is 16.5 Å². The number of carbonyl (C=O) groups is 1. The van der Waals surface area contributed by atoms with E-state index >= 15 is 0 Å². The zero-order valence-corrected chi connectivity index (χ0v) is 11.2. The van der Waals surface area contributed by atoms with Gasteiger partial charge in [-0.15, -0.1) is 0 Å². The Morgan fingerprint density at radius 2 is 2.39 bits per heavy atom. The Hall–Kier alpha value is -1.11. The number of rotatable bonds is 2. The normalized spacial score (nSPS) is 19.7. The maximum atomic E-state index is 11.8. The fourth-order valence-corrected chi connectivity index (χ4v) is 2.11. The van der Waals surface area contributed by atoms with Gasteiger partial charge >= 0.3 is 0 Å². The van der Waals surface area contributed by atoms with Crippen LogP contribution in [0.4, 0.5) is 5.82 Å². The first-order valence-electron chi connectivity index (χ1n) is 5.37. The second-order valence-electron chi connectivity index (χ2n) is 3.71. The van der Waals surface area contributed by atoms with E-state index in [0.29, 0.717) is 24.0 Å². The maximum Gasteiger partial charge on any atom is 0.244 e. The van der Waals surface area contributed by atoms with E-state index < -0.39 is 6.04 Å². The van der Waals surface area contributed by atoms with Crippen molar-refractivity contribution in [3.8, 4) is 0 Å². The number of amides is 1. The summed E-state index contributed by atoms with van der Waals surface area (Å²) in [4.78, 5) is 21.4. The molecule has 1 atom stereocenters. The molecule has 98 valence electrons. The maximum absolute atomic E-state index is 11.8. The van der Waals surface area contributed by atoms with Gasteiger partial charge in [-0.25, -0.2) is 4.98 Å². The number of halogens is 2. The summed E-state index contributed by atoms with van der Waals surface area (Å²) in [7, 11) is 1.57. The minimum Gasteiger partial charge on any atom is -0.377 e. The SMILES string of the molecule is CNC(=O)C1COCCN1c1nc(Cl)ncc1Cl. The first-order chi connectivity index (χ1) is 8.63. The summed E-state index contributed by atoms with van der Waals surface area (Å²) < 4.78 is 5.30. The van der Waals surface area contributed by atoms with Crippen LogP contribution in [0.5, 0.6) is 0 Å². The molecule has 0 saturated carbocycles. The van der Waals surface area contributed by atoms with Gasteiger partial charge < -0.3 is 15.0 Å². The van der Waals surface area contributed by atoms with Gasteiger partial charge in [-0.1, -0.05) is 11.6 Å². The Morgan fingerprint density at radius 3 is 3.11 bits per heavy atom. The minimum atomic E-state index is -0.466. The number of hydrogen-bond acceptors (Lipinski definition) is 5. The summed E-state index contributed by atoms with van der Waals surface area (Å²) in [5, 5.41) is 3.04. The number of hydrogen-bond donors (Lipinski definition) is 1. The Labute approximate surface area is 114 Å². The lowest BCUT2D eigenvalue weighted by Crippen LogP contribution is -2.53. The monoisotopic (exact) mass is 290 g/mol. The van der Waals surface area contributed by atoms with Gasteiger partial charge in [0.2, 0.25) is 11.2 Å². The summed E-state index contributed by atoms with van der Waals surface area (Å²) in [5.74, 6) is 0.300. The van der Waals surface area contributed by atoms with Crippen molar-refractivity contribution >= 4 is 34.9 Å². The highest BCUT2D eigenvalue weighted by molar-refractivity contribution is 6.33. The minimum absolute atomic E-state index is 0.0940. The molecule has 1 amide bonds. The number of ether oxygens (including phenoxy) is 1. The highest BCUT2D eigenvalue weighted by Gasteiger charge is 2.31. The average Bonchev–Trinajstić information content (AvgIpc) is 2.40. The predicted molar refractivity (Wildman–Crippen MR) is 68.1 cm³/mol. The number of aromatic nitrogens is 2. The zero-order chi connectivity index (χ0) is 13.1. The van der Waals surface area contributed by atoms with Gasteiger partial charge in [-0.2, -0.15) is 4.98 Å². The van der Waals surface area contributed by atoms with Crippen molar-refractivity contribution in [1.29, 1.82) is 0 Å². The van der Waals surface area contributed by atoms with Crippen molar-refractivity contribution in [2.24, 2.45) is 0 Å². The van der Waals surface area contributed by atoms with E-state index in [0.717, 1.165) is 0 Å². The molecule has 6 nitrogen and oxygen atoms in total. The third-order valence-corrected chi connectivity index (χ3v) is 3.09. The lowest BCUT2D eigenvalue weighted by Gasteiger charge is -2.35. The summed E-state index contributed by atoms with van der Waals surface area (Å²) >= 11 is 11.8. The first kappa shape index (κ1) is 13.3. The molecule has 8 heteroatoms. The fraction of sp³-hybridized carbons (Fsp3) is 0.500. The molecule has 0 radical (unpaired) electrons. The Bertz CT molecular complexity index is 458. The van der Waals surface area contributed by atoms with Crippen molar-refractivity contribution < 1.29 is 9.53 Å². The molecule has 0 spiro atoms. The van der Waals surface area contributed by atoms with Crippen LogP contribution in [0.25, 0.3) is 0 Å². The summed E-state index contributed by atoms with van der Waals surface area (Å²) in [6.07, 6.45) is 1.42. The third kappa shape index (κ3) is 2.66. The van der Waals surface area contributed by atoms with Crippen LogP contribution >= 0.6 is 23.2 Å². The highest BCUT2D eigenvalue weighted by Crippen LogP contribution is 2.26. The van der Waals surface area contributed by atoms with E-state index in [9.17, 15) is 4.79 Å². The van der Waals surface area contributed by atoms with Crippen LogP contribution < -0.4 is 10.2 Å². The molecule has 1 aromatic heterocycles. The molecular weight excluding hydrogens is 279 g/mol. The molecule has 18 heavy (non-hydrogen) atoms. The van der Waals surface area contributed by atoms with Crippen LogP contribution in [-0.2, 0) is 9.53 Å². The van der Waals surface area contributed by atoms with E-state index in [1.54, 1.807) is 11.9 Å². The standard InChI is InChI=1S/C10H12Cl2N4O2/c1-13-9(17)7-5-18-3-2-16(7)8-6(11)4-14-10(12)15-8/h4,7H,2-3,5H2,1H3,(H,13,17). The van der Waals surface area contributed by atoms with Crippen molar-refractivity contribution in [3.63, 3.8) is 0 Å². The number of likely N-dealkylation sites (N-methyl/N-ethyl adjacent to an activating group) is 1. The van der Waals surface area contributed by atoms with Gasteiger partial charge in [-0.05, 0) is 11.6 Å². The molecule has 1 aliphatic rings. The van der Waals surface area contributed by atoms with Crippen molar-refractivity contribution in [2.75, 3.05) is 31.7 Å². The van der Waals surface area contributed by atoms with E-state index in [2.05, 4.69) is 15.3 Å². The van der Waals surface area contributed by atoms with Gasteiger partial charge in [0.1, 0.15) is 11.1 Å². The summed E-state index contributed by atoms with van der Waals surface area (Å²) in [6, 6.07) is -0.466. The molecule has 2 heterocycles. The lowest BCUT2D eigenvalue weighted by molar-refractivity contribution is -0.124. The van der Waals surface area contributed by atoms with Gasteiger partial charge in [0, 0.05) is 13.6 Å². The average molecular weight is 291 g/mol. The molecule has 1 N–H and O–H groups in total. The quantitative estimate of drug-likeness (QED) is 0.814. The van der Waals surface area contributed by atoms with Gasteiger partial charge in [0.05, 0.1) is 19.4 Å². The third-order valence-electron chi connectivity index (χ3n) is 2.65. The molecule has 1 fully saturated rings. The van der Waals surface area contributed by atoms with E-state index in [-0.39, 0.29) is 17.8 Å². The zero-order valence-electron chi connectivity index (χ0n) is 9.69. The molecule has 1 saturated heterocycles. The topological polar surface area (TPSA) is 67.3 Å². The van der Waals surface area contributed by atoms with E-state index in [1.165, 1.54) is 6.20 Å². The number of morpholine rings is 1. The predicted octanol–water partition coefficient (Wildman–Crippen LogP) is 0.735. The smallest absolute Gasteiger partial charge is 0.244 e. The van der Waals surface area contributed by atoms with E-state index in [1.807, 2.05) is 0 Å². The van der Waals surface area contributed by atoms with Gasteiger partial charge in [-0.3, -0.25) is 4.79 Å². The van der Waals surface area contributed by atoms with Gasteiger partial charge in [0.15, 0.2) is 5.82 Å². The largest absolute Gasteiger partial charge is 0.377 e. The molecule has 0 aromatic carbocycles. The van der Waals surface area contributed by atoms with Crippen LogP contribution in [0, 0.1) is 0 Å². The van der Waals surface area contributed by atoms with Crippen LogP contribution in [0.2, 0.25) is 10.3 Å². The second-order valence-corrected chi connectivity index (χ2v) is 4.45. The first-order valence-corrected chi connectivity index (χ1v) is 6.13. The molecule has 1 aromatic rings. The van der Waals surface area contributed by atoms with Crippen molar-refractivity contribution in [1.82, 2.24) is 15.3 Å². The number of anilines is 1. The molecule has 1 aliphatic heterocycles. The van der Waals surface area contributed by atoms with Crippen LogP contribution in [0.1, 0.15) is 0 Å². The Morgan fingerprint density at radius 1 is 1.61 bits per heavy atom. The van der Waals surface area contributed by atoms with Crippen LogP contribution in [0.15, 0.2) is 6.20 Å². The molecule has 0 aliphatic carbocycles. The molecular formula is C10H12Cl2N4O2. The number of nitrogens with zero attached hydrogens (tertiary/aromatic N) is 3. The second kappa shape index (κ2) is 5.69. The Kier molecular flexibility index (Phi) is 4.21. The highest BCUT2D eigenvalue weighted by atomic mass is 35.5. The molecule has 0 bridgehead atoms. The lowest BCUT2D eigenvalue weighted by atomic mass is 10.2. The Balaban J connectivity index is 2.33.